The van der Waals surface area contributed by atoms with Gasteiger partial charge in [0.05, 0.1) is 15.7 Å². The van der Waals surface area contributed by atoms with E-state index in [4.69, 9.17) is 16.3 Å². The fourth-order valence-electron chi connectivity index (χ4n) is 4.07. The SMILES string of the molecule is COC1(Nc2ccccc2[N+](=O)[O-])C=C(C)C(C(=O)c2ccccc2)C(C)(Cl)C1. The molecule has 3 unspecified atom stereocenters. The lowest BCUT2D eigenvalue weighted by Gasteiger charge is -2.45. The zero-order valence-electron chi connectivity index (χ0n) is 16.5. The van der Waals surface area contributed by atoms with Crippen molar-refractivity contribution in [1.82, 2.24) is 0 Å². The van der Waals surface area contributed by atoms with E-state index in [1.54, 1.807) is 43.3 Å². The summed E-state index contributed by atoms with van der Waals surface area (Å²) in [7, 11) is 1.51. The maximum absolute atomic E-state index is 13.2. The van der Waals surface area contributed by atoms with E-state index < -0.39 is 21.4 Å². The molecule has 1 aliphatic carbocycles. The molecule has 7 heteroatoms. The molecule has 3 atom stereocenters. The highest BCUT2D eigenvalue weighted by Crippen LogP contribution is 2.46. The summed E-state index contributed by atoms with van der Waals surface area (Å²) in [4.78, 5) is 23.1. The minimum atomic E-state index is -1.08. The van der Waals surface area contributed by atoms with Crippen molar-refractivity contribution >= 4 is 28.8 Å². The van der Waals surface area contributed by atoms with Crippen molar-refractivity contribution in [3.05, 3.63) is 81.9 Å². The molecule has 0 aromatic heterocycles. The Morgan fingerprint density at radius 3 is 2.41 bits per heavy atom. The normalized spacial score (nSPS) is 26.5. The van der Waals surface area contributed by atoms with Crippen LogP contribution in [0.5, 0.6) is 0 Å². The number of nitrogens with one attached hydrogen (secondary N) is 1. The second kappa shape index (κ2) is 7.97. The Hall–Kier alpha value is -2.70. The first-order valence-electron chi connectivity index (χ1n) is 9.23. The number of nitrogens with zero attached hydrogens (tertiary/aromatic N) is 1. The minimum absolute atomic E-state index is 0.0614. The van der Waals surface area contributed by atoms with E-state index in [1.807, 2.05) is 25.1 Å². The molecule has 152 valence electrons. The third-order valence-corrected chi connectivity index (χ3v) is 5.61. The lowest BCUT2D eigenvalue weighted by Crippen LogP contribution is -2.52. The number of ketones is 1. The summed E-state index contributed by atoms with van der Waals surface area (Å²) in [5, 5.41) is 14.5. The van der Waals surface area contributed by atoms with E-state index in [1.165, 1.54) is 13.2 Å². The summed E-state index contributed by atoms with van der Waals surface area (Å²) in [5.41, 5.74) is 0.516. The first-order valence-corrected chi connectivity index (χ1v) is 9.61. The van der Waals surface area contributed by atoms with Crippen molar-refractivity contribution in [1.29, 1.82) is 0 Å². The monoisotopic (exact) mass is 414 g/mol. The van der Waals surface area contributed by atoms with E-state index in [9.17, 15) is 14.9 Å². The molecule has 0 bridgehead atoms. The molecule has 6 nitrogen and oxygen atoms in total. The minimum Gasteiger partial charge on any atom is -0.355 e. The van der Waals surface area contributed by atoms with Gasteiger partial charge in [-0.25, -0.2) is 0 Å². The van der Waals surface area contributed by atoms with Crippen molar-refractivity contribution < 1.29 is 14.5 Å². The average Bonchev–Trinajstić information content (AvgIpc) is 2.67. The Morgan fingerprint density at radius 1 is 1.21 bits per heavy atom. The number of carbonyl (C=O) groups is 1. The summed E-state index contributed by atoms with van der Waals surface area (Å²) in [5.74, 6) is -0.602. The maximum Gasteiger partial charge on any atom is 0.292 e. The van der Waals surface area contributed by atoms with Crippen LogP contribution in [-0.4, -0.2) is 28.4 Å². The first-order chi connectivity index (χ1) is 13.7. The lowest BCUT2D eigenvalue weighted by molar-refractivity contribution is -0.384. The van der Waals surface area contributed by atoms with Crippen LogP contribution < -0.4 is 5.32 Å². The van der Waals surface area contributed by atoms with E-state index >= 15 is 0 Å². The number of nitro benzene ring substituents is 1. The molecule has 2 aromatic rings. The van der Waals surface area contributed by atoms with Crippen molar-refractivity contribution in [2.24, 2.45) is 5.92 Å². The average molecular weight is 415 g/mol. The molecule has 1 N–H and O–H groups in total. The number of rotatable bonds is 6. The van der Waals surface area contributed by atoms with Gasteiger partial charge in [-0.1, -0.05) is 48.0 Å². The van der Waals surface area contributed by atoms with Gasteiger partial charge in [-0.2, -0.15) is 0 Å². The Morgan fingerprint density at radius 2 is 1.83 bits per heavy atom. The van der Waals surface area contributed by atoms with Gasteiger partial charge >= 0.3 is 0 Å². The number of hydrogen-bond donors (Lipinski definition) is 1. The van der Waals surface area contributed by atoms with Gasteiger partial charge in [0.2, 0.25) is 0 Å². The molecule has 2 aromatic carbocycles. The highest BCUT2D eigenvalue weighted by molar-refractivity contribution is 6.26. The molecule has 1 aliphatic rings. The predicted octanol–water partition coefficient (Wildman–Crippen LogP) is 5.20. The number of methoxy groups -OCH3 is 1. The molecule has 0 heterocycles. The highest BCUT2D eigenvalue weighted by Gasteiger charge is 2.49. The van der Waals surface area contributed by atoms with Crippen LogP contribution in [0, 0.1) is 16.0 Å². The molecule has 0 spiro atoms. The lowest BCUT2D eigenvalue weighted by atomic mass is 9.72. The number of nitro groups is 1. The molecule has 0 fully saturated rings. The third-order valence-electron chi connectivity index (χ3n) is 5.26. The van der Waals surface area contributed by atoms with Crippen LogP contribution in [0.2, 0.25) is 0 Å². The molecular formula is C22H23ClN2O4. The molecule has 0 aliphatic heterocycles. The molecule has 0 amide bonds. The number of Topliss-reactive ketones (excluding diaryl/α,β-unsaturated/α-hetero) is 1. The number of alkyl halides is 1. The smallest absolute Gasteiger partial charge is 0.292 e. The number of ether oxygens (including phenoxy) is 1. The molecular weight excluding hydrogens is 392 g/mol. The zero-order chi connectivity index (χ0) is 21.2. The first kappa shape index (κ1) is 21.0. The number of para-hydroxylation sites is 2. The van der Waals surface area contributed by atoms with Crippen molar-refractivity contribution in [3.8, 4) is 0 Å². The van der Waals surface area contributed by atoms with Crippen LogP contribution in [0.1, 0.15) is 30.6 Å². The summed E-state index contributed by atoms with van der Waals surface area (Å²) in [6.45, 7) is 3.63. The number of hydrogen-bond acceptors (Lipinski definition) is 5. The van der Waals surface area contributed by atoms with Crippen LogP contribution in [0.4, 0.5) is 11.4 Å². The second-order valence-electron chi connectivity index (χ2n) is 7.50. The van der Waals surface area contributed by atoms with Gasteiger partial charge in [-0.3, -0.25) is 14.9 Å². The standard InChI is InChI=1S/C22H23ClN2O4/c1-15-13-22(29-3,24-17-11-7-8-12-18(17)25(27)28)14-21(2,23)19(15)20(26)16-9-5-4-6-10-16/h4-13,19,24H,14H2,1-3H3. The molecule has 29 heavy (non-hydrogen) atoms. The number of carbonyl (C=O) groups excluding carboxylic acids is 1. The topological polar surface area (TPSA) is 81.5 Å². The number of anilines is 1. The van der Waals surface area contributed by atoms with Crippen LogP contribution in [0.3, 0.4) is 0 Å². The zero-order valence-corrected chi connectivity index (χ0v) is 17.3. The van der Waals surface area contributed by atoms with Gasteiger partial charge < -0.3 is 10.1 Å². The highest BCUT2D eigenvalue weighted by atomic mass is 35.5. The number of benzene rings is 2. The number of halogens is 1. The Balaban J connectivity index is 2.00. The van der Waals surface area contributed by atoms with Gasteiger partial charge in [0, 0.05) is 25.2 Å². The van der Waals surface area contributed by atoms with E-state index in [0.29, 0.717) is 11.3 Å². The Bertz CT molecular complexity index is 958. The largest absolute Gasteiger partial charge is 0.355 e. The fourth-order valence-corrected chi connectivity index (χ4v) is 4.54. The van der Waals surface area contributed by atoms with E-state index in [-0.39, 0.29) is 17.9 Å². The predicted molar refractivity (Wildman–Crippen MR) is 113 cm³/mol. The molecule has 0 radical (unpaired) electrons. The summed E-state index contributed by atoms with van der Waals surface area (Å²) in [6.07, 6.45) is 2.05. The van der Waals surface area contributed by atoms with Gasteiger partial charge in [-0.15, -0.1) is 11.6 Å². The van der Waals surface area contributed by atoms with Crippen LogP contribution >= 0.6 is 11.6 Å². The van der Waals surface area contributed by atoms with Crippen LogP contribution in [0.25, 0.3) is 0 Å². The van der Waals surface area contributed by atoms with Crippen molar-refractivity contribution in [2.45, 2.75) is 30.9 Å². The summed E-state index contributed by atoms with van der Waals surface area (Å²) in [6, 6.07) is 15.4. The van der Waals surface area contributed by atoms with Gasteiger partial charge in [0.15, 0.2) is 11.5 Å². The molecule has 0 saturated heterocycles. The van der Waals surface area contributed by atoms with Gasteiger partial charge in [0.1, 0.15) is 5.69 Å². The van der Waals surface area contributed by atoms with E-state index in [0.717, 1.165) is 5.57 Å². The number of allylic oxidation sites excluding steroid dienone is 1. The van der Waals surface area contributed by atoms with Crippen LogP contribution in [-0.2, 0) is 4.74 Å². The van der Waals surface area contributed by atoms with Crippen molar-refractivity contribution in [2.75, 3.05) is 12.4 Å². The van der Waals surface area contributed by atoms with Crippen LogP contribution in [0.15, 0.2) is 66.2 Å². The molecule has 3 rings (SSSR count). The summed E-state index contributed by atoms with van der Waals surface area (Å²) < 4.78 is 5.75. The second-order valence-corrected chi connectivity index (χ2v) is 8.36. The Labute approximate surface area is 174 Å². The third kappa shape index (κ3) is 4.18. The van der Waals surface area contributed by atoms with Gasteiger partial charge in [0.25, 0.3) is 5.69 Å². The van der Waals surface area contributed by atoms with Crippen molar-refractivity contribution in [3.63, 3.8) is 0 Å². The van der Waals surface area contributed by atoms with Gasteiger partial charge in [-0.05, 0) is 26.0 Å². The fraction of sp³-hybridized carbons (Fsp3) is 0.318. The molecule has 0 saturated carbocycles. The summed E-state index contributed by atoms with van der Waals surface area (Å²) >= 11 is 6.89. The quantitative estimate of drug-likeness (QED) is 0.175. The van der Waals surface area contributed by atoms with E-state index in [2.05, 4.69) is 5.32 Å². The Kier molecular flexibility index (Phi) is 5.78. The maximum atomic E-state index is 13.2.